The highest BCUT2D eigenvalue weighted by molar-refractivity contribution is 7.95. The lowest BCUT2D eigenvalue weighted by Crippen LogP contribution is -2.12. The second kappa shape index (κ2) is 6.44. The maximum atomic E-state index is 12.4. The fourth-order valence-corrected chi connectivity index (χ4v) is 5.37. The van der Waals surface area contributed by atoms with Crippen molar-refractivity contribution in [2.45, 2.75) is 4.21 Å². The lowest BCUT2D eigenvalue weighted by Gasteiger charge is -2.04. The van der Waals surface area contributed by atoms with Crippen LogP contribution in [0.15, 0.2) is 39.9 Å². The summed E-state index contributed by atoms with van der Waals surface area (Å²) in [5, 5.41) is 10.7. The Morgan fingerprint density at radius 1 is 1.22 bits per heavy atom. The molecule has 0 aliphatic heterocycles. The SMILES string of the molecule is COc1ccsc1S(=O)(=O)Nc1nnc(-c2ccccc2Cl)s1. The molecule has 0 aliphatic carbocycles. The zero-order valence-corrected chi connectivity index (χ0v) is 14.9. The molecule has 1 aromatic carbocycles. The largest absolute Gasteiger partial charge is 0.494 e. The van der Waals surface area contributed by atoms with E-state index in [1.165, 1.54) is 7.11 Å². The van der Waals surface area contributed by atoms with Crippen molar-refractivity contribution in [3.8, 4) is 16.3 Å². The number of anilines is 1. The Hall–Kier alpha value is -1.68. The number of aromatic nitrogens is 2. The number of ether oxygens (including phenoxy) is 1. The summed E-state index contributed by atoms with van der Waals surface area (Å²) in [6, 6.07) is 8.75. The zero-order chi connectivity index (χ0) is 16.4. The second-order valence-electron chi connectivity index (χ2n) is 4.27. The second-order valence-corrected chi connectivity index (χ2v) is 8.45. The van der Waals surface area contributed by atoms with E-state index in [4.69, 9.17) is 16.3 Å². The van der Waals surface area contributed by atoms with Crippen LogP contribution in [0.25, 0.3) is 10.6 Å². The molecule has 6 nitrogen and oxygen atoms in total. The van der Waals surface area contributed by atoms with Gasteiger partial charge < -0.3 is 4.74 Å². The van der Waals surface area contributed by atoms with E-state index in [1.807, 2.05) is 6.07 Å². The fraction of sp³-hybridized carbons (Fsp3) is 0.0769. The van der Waals surface area contributed by atoms with Crippen LogP contribution in [0, 0.1) is 0 Å². The Morgan fingerprint density at radius 3 is 2.74 bits per heavy atom. The number of methoxy groups -OCH3 is 1. The molecule has 23 heavy (non-hydrogen) atoms. The number of nitrogens with one attached hydrogen (secondary N) is 1. The molecule has 0 atom stereocenters. The average Bonchev–Trinajstić information content (AvgIpc) is 3.16. The molecule has 3 rings (SSSR count). The molecule has 0 radical (unpaired) electrons. The van der Waals surface area contributed by atoms with E-state index >= 15 is 0 Å². The van der Waals surface area contributed by atoms with Gasteiger partial charge in [0.1, 0.15) is 5.75 Å². The van der Waals surface area contributed by atoms with E-state index in [1.54, 1.807) is 29.6 Å². The van der Waals surface area contributed by atoms with Gasteiger partial charge in [0.05, 0.1) is 12.1 Å². The first-order valence-electron chi connectivity index (χ1n) is 6.24. The maximum absolute atomic E-state index is 12.4. The van der Waals surface area contributed by atoms with Crippen molar-refractivity contribution in [1.82, 2.24) is 10.2 Å². The molecular weight excluding hydrogens is 378 g/mol. The molecule has 0 fully saturated rings. The standard InChI is InChI=1S/C13H10ClN3O3S3/c1-20-10-6-7-21-12(10)23(18,19)17-13-16-15-11(22-13)8-4-2-3-5-9(8)14/h2-7H,1H3,(H,16,17). The highest BCUT2D eigenvalue weighted by atomic mass is 35.5. The number of rotatable bonds is 5. The quantitative estimate of drug-likeness (QED) is 0.721. The summed E-state index contributed by atoms with van der Waals surface area (Å²) in [6.45, 7) is 0. The topological polar surface area (TPSA) is 81.2 Å². The Bertz CT molecular complexity index is 937. The van der Waals surface area contributed by atoms with Crippen LogP contribution < -0.4 is 9.46 Å². The van der Waals surface area contributed by atoms with Crippen LogP contribution >= 0.6 is 34.3 Å². The first-order valence-corrected chi connectivity index (χ1v) is 9.79. The van der Waals surface area contributed by atoms with E-state index in [2.05, 4.69) is 14.9 Å². The van der Waals surface area contributed by atoms with Gasteiger partial charge in [0, 0.05) is 5.56 Å². The summed E-state index contributed by atoms with van der Waals surface area (Å²) in [7, 11) is -2.36. The molecule has 0 saturated heterocycles. The first-order chi connectivity index (χ1) is 11.0. The van der Waals surface area contributed by atoms with Crippen LogP contribution in [0.4, 0.5) is 5.13 Å². The third-order valence-corrected chi connectivity index (χ3v) is 6.93. The van der Waals surface area contributed by atoms with Gasteiger partial charge in [-0.15, -0.1) is 21.5 Å². The van der Waals surface area contributed by atoms with Crippen molar-refractivity contribution in [1.29, 1.82) is 0 Å². The minimum absolute atomic E-state index is 0.0921. The van der Waals surface area contributed by atoms with Crippen LogP contribution in [0.5, 0.6) is 5.75 Å². The smallest absolute Gasteiger partial charge is 0.276 e. The Kier molecular flexibility index (Phi) is 4.53. The molecule has 3 aromatic rings. The number of sulfonamides is 1. The van der Waals surface area contributed by atoms with Gasteiger partial charge in [0.15, 0.2) is 9.22 Å². The first kappa shape index (κ1) is 16.2. The van der Waals surface area contributed by atoms with Crippen LogP contribution in [-0.2, 0) is 10.0 Å². The Balaban J connectivity index is 1.89. The molecule has 0 unspecified atom stereocenters. The summed E-state index contributed by atoms with van der Waals surface area (Å²) in [4.78, 5) is 0. The van der Waals surface area contributed by atoms with Gasteiger partial charge in [-0.1, -0.05) is 41.1 Å². The summed E-state index contributed by atoms with van der Waals surface area (Å²) >= 11 is 8.28. The normalized spacial score (nSPS) is 11.4. The Labute approximate surface area is 145 Å². The molecule has 2 aromatic heterocycles. The lowest BCUT2D eigenvalue weighted by molar-refractivity contribution is 0.406. The lowest BCUT2D eigenvalue weighted by atomic mass is 10.2. The van der Waals surface area contributed by atoms with E-state index in [-0.39, 0.29) is 9.34 Å². The highest BCUT2D eigenvalue weighted by Crippen LogP contribution is 2.34. The third kappa shape index (κ3) is 3.32. The van der Waals surface area contributed by atoms with Crippen LogP contribution in [0.2, 0.25) is 5.02 Å². The van der Waals surface area contributed by atoms with E-state index in [0.29, 0.717) is 21.3 Å². The van der Waals surface area contributed by atoms with Gasteiger partial charge in [-0.3, -0.25) is 4.72 Å². The number of halogens is 1. The zero-order valence-electron chi connectivity index (χ0n) is 11.7. The minimum Gasteiger partial charge on any atom is -0.494 e. The van der Waals surface area contributed by atoms with E-state index < -0.39 is 10.0 Å². The molecule has 120 valence electrons. The van der Waals surface area contributed by atoms with Crippen molar-refractivity contribution in [3.05, 3.63) is 40.7 Å². The molecular formula is C13H10ClN3O3S3. The van der Waals surface area contributed by atoms with Crippen LogP contribution in [0.1, 0.15) is 0 Å². The molecule has 0 spiro atoms. The van der Waals surface area contributed by atoms with Gasteiger partial charge in [0.25, 0.3) is 10.0 Å². The Morgan fingerprint density at radius 2 is 2.00 bits per heavy atom. The van der Waals surface area contributed by atoms with Gasteiger partial charge in [-0.2, -0.15) is 0 Å². The number of hydrogen-bond donors (Lipinski definition) is 1. The molecule has 0 aliphatic rings. The average molecular weight is 388 g/mol. The monoisotopic (exact) mass is 387 g/mol. The van der Waals surface area contributed by atoms with E-state index in [0.717, 1.165) is 22.7 Å². The molecule has 0 bridgehead atoms. The van der Waals surface area contributed by atoms with Crippen LogP contribution in [-0.4, -0.2) is 25.7 Å². The number of benzene rings is 1. The highest BCUT2D eigenvalue weighted by Gasteiger charge is 2.23. The molecule has 0 saturated carbocycles. The van der Waals surface area contributed by atoms with Gasteiger partial charge in [-0.25, -0.2) is 8.42 Å². The maximum Gasteiger partial charge on any atom is 0.276 e. The third-order valence-electron chi connectivity index (χ3n) is 2.81. The summed E-state index contributed by atoms with van der Waals surface area (Å²) in [6.07, 6.45) is 0. The van der Waals surface area contributed by atoms with Crippen molar-refractivity contribution in [2.75, 3.05) is 11.8 Å². The van der Waals surface area contributed by atoms with Crippen LogP contribution in [0.3, 0.4) is 0 Å². The van der Waals surface area contributed by atoms with Crippen molar-refractivity contribution >= 4 is 49.4 Å². The minimum atomic E-state index is -3.77. The van der Waals surface area contributed by atoms with Crippen molar-refractivity contribution < 1.29 is 13.2 Å². The van der Waals surface area contributed by atoms with Gasteiger partial charge in [0.2, 0.25) is 5.13 Å². The van der Waals surface area contributed by atoms with Crippen molar-refractivity contribution in [3.63, 3.8) is 0 Å². The number of nitrogens with zero attached hydrogens (tertiary/aromatic N) is 2. The molecule has 10 heteroatoms. The molecule has 0 amide bonds. The number of thiophene rings is 1. The fourth-order valence-electron chi connectivity index (χ4n) is 1.80. The molecule has 2 heterocycles. The predicted octanol–water partition coefficient (Wildman–Crippen LogP) is 3.73. The predicted molar refractivity (Wildman–Crippen MR) is 92.0 cm³/mol. The van der Waals surface area contributed by atoms with E-state index in [9.17, 15) is 8.42 Å². The molecule has 1 N–H and O–H groups in total. The number of hydrogen-bond acceptors (Lipinski definition) is 7. The summed E-state index contributed by atoms with van der Waals surface area (Å²) in [5.74, 6) is 0.290. The summed E-state index contributed by atoms with van der Waals surface area (Å²) in [5.41, 5.74) is 0.700. The van der Waals surface area contributed by atoms with Crippen molar-refractivity contribution in [2.24, 2.45) is 0 Å². The summed E-state index contributed by atoms with van der Waals surface area (Å²) < 4.78 is 32.3. The van der Waals surface area contributed by atoms with Gasteiger partial charge in [-0.05, 0) is 17.5 Å². The van der Waals surface area contributed by atoms with Gasteiger partial charge >= 0.3 is 0 Å².